The molecule has 1 aliphatic heterocycles. The fraction of sp³-hybridized carbons (Fsp3) is 0.316. The molecule has 2 aromatic carbocycles. The first-order valence-corrected chi connectivity index (χ1v) is 10.9. The van der Waals surface area contributed by atoms with E-state index in [2.05, 4.69) is 5.32 Å². The Balaban J connectivity index is 1.85. The van der Waals surface area contributed by atoms with E-state index in [4.69, 9.17) is 16.3 Å². The van der Waals surface area contributed by atoms with Crippen LogP contribution in [0, 0.1) is 10.1 Å². The molecule has 1 amide bonds. The number of non-ortho nitro benzene ring substituents is 1. The fourth-order valence-electron chi connectivity index (χ4n) is 3.18. The Morgan fingerprint density at radius 3 is 2.33 bits per heavy atom. The van der Waals surface area contributed by atoms with Crippen molar-refractivity contribution >= 4 is 38.9 Å². The van der Waals surface area contributed by atoms with Crippen molar-refractivity contribution in [3.05, 3.63) is 63.2 Å². The molecule has 0 saturated carbocycles. The molecule has 1 heterocycles. The first kappa shape index (κ1) is 22.2. The lowest BCUT2D eigenvalue weighted by Crippen LogP contribution is -2.48. The number of ether oxygens (including phenoxy) is 1. The summed E-state index contributed by atoms with van der Waals surface area (Å²) in [5, 5.41) is 13.4. The highest BCUT2D eigenvalue weighted by molar-refractivity contribution is 7.89. The molecule has 1 fully saturated rings. The van der Waals surface area contributed by atoms with Crippen LogP contribution in [0.15, 0.2) is 47.4 Å². The summed E-state index contributed by atoms with van der Waals surface area (Å²) in [5.41, 5.74) is 0.171. The van der Waals surface area contributed by atoms with Gasteiger partial charge in [-0.2, -0.15) is 4.31 Å². The summed E-state index contributed by atoms with van der Waals surface area (Å²) in [6.07, 6.45) is -0.499. The summed E-state index contributed by atoms with van der Waals surface area (Å²) in [6.45, 7) is 4.01. The first-order valence-electron chi connectivity index (χ1n) is 9.09. The molecule has 1 N–H and O–H groups in total. The maximum atomic E-state index is 13.1. The highest BCUT2D eigenvalue weighted by Gasteiger charge is 2.32. The second-order valence-corrected chi connectivity index (χ2v) is 9.32. The Bertz CT molecular complexity index is 1060. The molecule has 0 spiro atoms. The number of carbonyl (C=O) groups is 1. The first-order chi connectivity index (χ1) is 14.1. The van der Waals surface area contributed by atoms with Crippen LogP contribution in [-0.4, -0.2) is 48.9 Å². The third-order valence-corrected chi connectivity index (χ3v) is 6.70. The number of benzene rings is 2. The van der Waals surface area contributed by atoms with Crippen LogP contribution < -0.4 is 5.32 Å². The van der Waals surface area contributed by atoms with Gasteiger partial charge < -0.3 is 10.1 Å². The van der Waals surface area contributed by atoms with Crippen LogP contribution in [0.1, 0.15) is 24.2 Å². The van der Waals surface area contributed by atoms with Gasteiger partial charge in [-0.05, 0) is 44.2 Å². The van der Waals surface area contributed by atoms with E-state index in [0.717, 1.165) is 0 Å². The summed E-state index contributed by atoms with van der Waals surface area (Å²) < 4.78 is 33.0. The van der Waals surface area contributed by atoms with E-state index in [0.29, 0.717) is 5.69 Å². The zero-order valence-corrected chi connectivity index (χ0v) is 17.8. The van der Waals surface area contributed by atoms with Gasteiger partial charge in [0.15, 0.2) is 0 Å². The van der Waals surface area contributed by atoms with Gasteiger partial charge in [-0.15, -0.1) is 0 Å². The third kappa shape index (κ3) is 4.78. The van der Waals surface area contributed by atoms with Crippen molar-refractivity contribution in [1.82, 2.24) is 4.31 Å². The molecule has 1 saturated heterocycles. The SMILES string of the molecule is CC1CN(S(=O)(=O)c2ccc(Cl)c(C(=O)Nc3ccc([N+](=O)[O-])cc3)c2)CC(C)O1. The topological polar surface area (TPSA) is 119 Å². The standard InChI is InChI=1S/C19H20ClN3O6S/c1-12-10-22(11-13(2)29-12)30(27,28)16-7-8-18(20)17(9-16)19(24)21-14-3-5-15(6-4-14)23(25)26/h3-9,12-13H,10-11H2,1-2H3,(H,21,24). The molecule has 160 valence electrons. The Morgan fingerprint density at radius 2 is 1.77 bits per heavy atom. The quantitative estimate of drug-likeness (QED) is 0.548. The van der Waals surface area contributed by atoms with Gasteiger partial charge in [0.25, 0.3) is 11.6 Å². The highest BCUT2D eigenvalue weighted by atomic mass is 35.5. The summed E-state index contributed by atoms with van der Waals surface area (Å²) in [4.78, 5) is 22.8. The van der Waals surface area contributed by atoms with Crippen LogP contribution in [0.5, 0.6) is 0 Å². The van der Waals surface area contributed by atoms with E-state index in [-0.39, 0.29) is 46.5 Å². The summed E-state index contributed by atoms with van der Waals surface area (Å²) in [5.74, 6) is -0.630. The number of amides is 1. The Morgan fingerprint density at radius 1 is 1.17 bits per heavy atom. The fourth-order valence-corrected chi connectivity index (χ4v) is 5.00. The average molecular weight is 454 g/mol. The van der Waals surface area contributed by atoms with Crippen molar-refractivity contribution in [1.29, 1.82) is 0 Å². The maximum Gasteiger partial charge on any atom is 0.269 e. The second kappa shape index (κ2) is 8.68. The molecular weight excluding hydrogens is 434 g/mol. The number of sulfonamides is 1. The van der Waals surface area contributed by atoms with Crippen LogP contribution in [-0.2, 0) is 14.8 Å². The molecule has 0 aliphatic carbocycles. The van der Waals surface area contributed by atoms with Gasteiger partial charge in [0.1, 0.15) is 0 Å². The molecule has 0 bridgehead atoms. The molecule has 30 heavy (non-hydrogen) atoms. The van der Waals surface area contributed by atoms with Gasteiger partial charge in [0.05, 0.1) is 32.6 Å². The van der Waals surface area contributed by atoms with Crippen molar-refractivity contribution in [2.75, 3.05) is 18.4 Å². The summed E-state index contributed by atoms with van der Waals surface area (Å²) >= 11 is 6.13. The van der Waals surface area contributed by atoms with E-state index in [1.54, 1.807) is 13.8 Å². The van der Waals surface area contributed by atoms with E-state index in [1.807, 2.05) is 0 Å². The molecule has 11 heteroatoms. The smallest absolute Gasteiger partial charge is 0.269 e. The molecule has 0 radical (unpaired) electrons. The van der Waals surface area contributed by atoms with Gasteiger partial charge >= 0.3 is 0 Å². The molecular formula is C19H20ClN3O6S. The minimum atomic E-state index is -3.85. The van der Waals surface area contributed by atoms with Gasteiger partial charge in [-0.3, -0.25) is 14.9 Å². The van der Waals surface area contributed by atoms with Crippen molar-refractivity contribution < 1.29 is 22.9 Å². The predicted octanol–water partition coefficient (Wildman–Crippen LogP) is 3.30. The minimum Gasteiger partial charge on any atom is -0.373 e. The number of nitrogens with one attached hydrogen (secondary N) is 1. The average Bonchev–Trinajstić information content (AvgIpc) is 2.67. The lowest BCUT2D eigenvalue weighted by atomic mass is 10.2. The Labute approximate surface area is 178 Å². The Kier molecular flexibility index (Phi) is 6.41. The van der Waals surface area contributed by atoms with Crippen molar-refractivity contribution in [2.45, 2.75) is 31.0 Å². The van der Waals surface area contributed by atoms with E-state index >= 15 is 0 Å². The molecule has 2 unspecified atom stereocenters. The van der Waals surface area contributed by atoms with Crippen molar-refractivity contribution in [2.24, 2.45) is 0 Å². The minimum absolute atomic E-state index is 0.0227. The third-order valence-electron chi connectivity index (χ3n) is 4.54. The highest BCUT2D eigenvalue weighted by Crippen LogP contribution is 2.26. The molecule has 0 aromatic heterocycles. The molecule has 3 rings (SSSR count). The summed E-state index contributed by atoms with van der Waals surface area (Å²) in [6, 6.07) is 9.18. The van der Waals surface area contributed by atoms with Gasteiger partial charge in [-0.25, -0.2) is 8.42 Å². The largest absolute Gasteiger partial charge is 0.373 e. The lowest BCUT2D eigenvalue weighted by Gasteiger charge is -2.34. The van der Waals surface area contributed by atoms with Crippen LogP contribution in [0.2, 0.25) is 5.02 Å². The number of hydrogen-bond acceptors (Lipinski definition) is 6. The number of hydrogen-bond donors (Lipinski definition) is 1. The van der Waals surface area contributed by atoms with Gasteiger partial charge in [0, 0.05) is 30.9 Å². The van der Waals surface area contributed by atoms with E-state index in [9.17, 15) is 23.3 Å². The zero-order valence-electron chi connectivity index (χ0n) is 16.2. The summed E-state index contributed by atoms with van der Waals surface area (Å²) in [7, 11) is -3.85. The molecule has 2 atom stereocenters. The van der Waals surface area contributed by atoms with Crippen molar-refractivity contribution in [3.8, 4) is 0 Å². The second-order valence-electron chi connectivity index (χ2n) is 6.98. The van der Waals surface area contributed by atoms with Crippen LogP contribution >= 0.6 is 11.6 Å². The maximum absolute atomic E-state index is 13.1. The number of nitrogens with zero attached hydrogens (tertiary/aromatic N) is 2. The molecule has 2 aromatic rings. The monoisotopic (exact) mass is 453 g/mol. The van der Waals surface area contributed by atoms with E-state index < -0.39 is 20.9 Å². The number of halogens is 1. The van der Waals surface area contributed by atoms with Crippen molar-refractivity contribution in [3.63, 3.8) is 0 Å². The molecule has 1 aliphatic rings. The van der Waals surface area contributed by atoms with Gasteiger partial charge in [-0.1, -0.05) is 11.6 Å². The predicted molar refractivity (Wildman–Crippen MR) is 111 cm³/mol. The van der Waals surface area contributed by atoms with E-state index in [1.165, 1.54) is 46.8 Å². The van der Waals surface area contributed by atoms with Crippen LogP contribution in [0.4, 0.5) is 11.4 Å². The van der Waals surface area contributed by atoms with Crippen LogP contribution in [0.3, 0.4) is 0 Å². The lowest BCUT2D eigenvalue weighted by molar-refractivity contribution is -0.384. The van der Waals surface area contributed by atoms with Gasteiger partial charge in [0.2, 0.25) is 10.0 Å². The zero-order chi connectivity index (χ0) is 22.1. The Hall–Kier alpha value is -2.53. The number of carbonyl (C=O) groups excluding carboxylic acids is 1. The number of nitro groups is 1. The number of morpholine rings is 1. The number of nitro benzene ring substituents is 1. The molecule has 9 nitrogen and oxygen atoms in total. The normalized spacial score (nSPS) is 20.0. The van der Waals surface area contributed by atoms with Crippen LogP contribution in [0.25, 0.3) is 0 Å². The number of rotatable bonds is 5. The number of anilines is 1.